The number of rotatable bonds is 4. The highest BCUT2D eigenvalue weighted by atomic mass is 19.1. The Hall–Kier alpha value is -2.70. The maximum absolute atomic E-state index is 13.1. The molecule has 2 aromatic rings. The van der Waals surface area contributed by atoms with E-state index in [2.05, 4.69) is 9.97 Å². The van der Waals surface area contributed by atoms with Crippen LogP contribution in [0, 0.1) is 5.82 Å². The van der Waals surface area contributed by atoms with Gasteiger partial charge in [0.15, 0.2) is 0 Å². The molecule has 1 aromatic carbocycles. The number of halogens is 1. The van der Waals surface area contributed by atoms with Crippen LogP contribution in [0.5, 0.6) is 0 Å². The smallest absolute Gasteiger partial charge is 0.308 e. The number of aromatic amines is 1. The molecule has 2 rings (SSSR count). The van der Waals surface area contributed by atoms with Crippen molar-refractivity contribution in [2.24, 2.45) is 0 Å². The second-order valence-electron chi connectivity index (χ2n) is 4.25. The molecule has 0 fully saturated rings. The first-order chi connectivity index (χ1) is 9.45. The van der Waals surface area contributed by atoms with Crippen molar-refractivity contribution in [3.63, 3.8) is 0 Å². The minimum absolute atomic E-state index is 0.0829. The topological polar surface area (TPSA) is 109 Å². The molecule has 0 aliphatic rings. The Morgan fingerprint density at radius 3 is 2.80 bits per heavy atom. The van der Waals surface area contributed by atoms with Crippen molar-refractivity contribution >= 4 is 11.8 Å². The summed E-state index contributed by atoms with van der Waals surface area (Å²) < 4.78 is 13.1. The minimum atomic E-state index is -1.16. The third kappa shape index (κ3) is 3.19. The van der Waals surface area contributed by atoms with E-state index in [-0.39, 0.29) is 29.4 Å². The fourth-order valence-electron chi connectivity index (χ4n) is 1.81. The van der Waals surface area contributed by atoms with Crippen LogP contribution in [0.3, 0.4) is 0 Å². The van der Waals surface area contributed by atoms with Crippen molar-refractivity contribution in [2.45, 2.75) is 12.8 Å². The molecule has 6 nitrogen and oxygen atoms in total. The highest BCUT2D eigenvalue weighted by Gasteiger charge is 2.12. The van der Waals surface area contributed by atoms with Crippen LogP contribution < -0.4 is 11.3 Å². The van der Waals surface area contributed by atoms with Gasteiger partial charge in [-0.3, -0.25) is 9.59 Å². The summed E-state index contributed by atoms with van der Waals surface area (Å²) in [5, 5.41) is 8.67. The highest BCUT2D eigenvalue weighted by molar-refractivity contribution is 5.71. The number of aromatic nitrogens is 2. The lowest BCUT2D eigenvalue weighted by Crippen LogP contribution is -2.22. The maximum atomic E-state index is 13.1. The second kappa shape index (κ2) is 5.52. The summed E-state index contributed by atoms with van der Waals surface area (Å²) in [5.41, 5.74) is 5.53. The van der Waals surface area contributed by atoms with Crippen molar-refractivity contribution in [1.82, 2.24) is 9.97 Å². The summed E-state index contributed by atoms with van der Waals surface area (Å²) in [6.45, 7) is 0. The highest BCUT2D eigenvalue weighted by Crippen LogP contribution is 2.10. The number of hydrogen-bond acceptors (Lipinski definition) is 4. The van der Waals surface area contributed by atoms with Crippen LogP contribution in [0.2, 0.25) is 0 Å². The number of carbonyl (C=O) groups is 1. The van der Waals surface area contributed by atoms with Crippen molar-refractivity contribution in [3.8, 4) is 0 Å². The van der Waals surface area contributed by atoms with E-state index in [9.17, 15) is 14.0 Å². The zero-order chi connectivity index (χ0) is 14.7. The predicted octanol–water partition coefficient (Wildman–Crippen LogP) is 0.709. The molecule has 7 heteroatoms. The van der Waals surface area contributed by atoms with Crippen LogP contribution >= 0.6 is 0 Å². The van der Waals surface area contributed by atoms with Crippen molar-refractivity contribution in [1.29, 1.82) is 0 Å². The first-order valence-electron chi connectivity index (χ1n) is 5.79. The van der Waals surface area contributed by atoms with E-state index in [1.807, 2.05) is 0 Å². The lowest BCUT2D eigenvalue weighted by molar-refractivity contribution is -0.136. The van der Waals surface area contributed by atoms with Crippen LogP contribution in [0.15, 0.2) is 29.1 Å². The number of nitrogens with one attached hydrogen (secondary N) is 1. The number of benzene rings is 1. The average molecular weight is 277 g/mol. The number of carboxylic acids is 1. The third-order valence-electron chi connectivity index (χ3n) is 2.69. The van der Waals surface area contributed by atoms with E-state index in [0.717, 1.165) is 0 Å². The minimum Gasteiger partial charge on any atom is -0.481 e. The lowest BCUT2D eigenvalue weighted by atomic mass is 10.1. The molecular weight excluding hydrogens is 265 g/mol. The van der Waals surface area contributed by atoms with Gasteiger partial charge in [-0.05, 0) is 17.7 Å². The van der Waals surface area contributed by atoms with E-state index in [1.165, 1.54) is 12.1 Å². The monoisotopic (exact) mass is 277 g/mol. The van der Waals surface area contributed by atoms with Crippen molar-refractivity contribution < 1.29 is 14.3 Å². The van der Waals surface area contributed by atoms with Crippen LogP contribution in [0.25, 0.3) is 0 Å². The summed E-state index contributed by atoms with van der Waals surface area (Å²) in [6, 6.07) is 5.86. The molecule has 0 saturated carbocycles. The normalized spacial score (nSPS) is 10.4. The molecule has 20 heavy (non-hydrogen) atoms. The van der Waals surface area contributed by atoms with Gasteiger partial charge < -0.3 is 15.8 Å². The number of H-pyrrole nitrogens is 1. The predicted molar refractivity (Wildman–Crippen MR) is 69.8 cm³/mol. The summed E-state index contributed by atoms with van der Waals surface area (Å²) in [5.74, 6) is -1.42. The number of nitrogen functional groups attached to an aromatic ring is 1. The summed E-state index contributed by atoms with van der Waals surface area (Å²) >= 11 is 0. The molecule has 0 bridgehead atoms. The Labute approximate surface area is 113 Å². The molecule has 0 spiro atoms. The first-order valence-corrected chi connectivity index (χ1v) is 5.79. The molecule has 1 heterocycles. The maximum Gasteiger partial charge on any atom is 0.308 e. The summed E-state index contributed by atoms with van der Waals surface area (Å²) in [6.07, 6.45) is -0.293. The number of anilines is 1. The van der Waals surface area contributed by atoms with E-state index >= 15 is 0 Å². The zero-order valence-corrected chi connectivity index (χ0v) is 10.4. The Morgan fingerprint density at radius 2 is 2.20 bits per heavy atom. The van der Waals surface area contributed by atoms with Crippen molar-refractivity contribution in [2.75, 3.05) is 5.73 Å². The molecule has 0 aliphatic carbocycles. The van der Waals surface area contributed by atoms with E-state index < -0.39 is 17.9 Å². The number of nitrogens with zero attached hydrogens (tertiary/aromatic N) is 1. The quantitative estimate of drug-likeness (QED) is 0.762. The van der Waals surface area contributed by atoms with Crippen LogP contribution in [0.1, 0.15) is 17.0 Å². The molecule has 0 saturated heterocycles. The van der Waals surface area contributed by atoms with E-state index in [1.54, 1.807) is 12.1 Å². The fraction of sp³-hybridized carbons (Fsp3) is 0.154. The van der Waals surface area contributed by atoms with Gasteiger partial charge in [0.25, 0.3) is 5.56 Å². The van der Waals surface area contributed by atoms with Gasteiger partial charge in [-0.15, -0.1) is 0 Å². The van der Waals surface area contributed by atoms with Gasteiger partial charge in [0, 0.05) is 6.42 Å². The molecular formula is C13H12FN3O3. The van der Waals surface area contributed by atoms with Gasteiger partial charge in [-0.25, -0.2) is 9.37 Å². The average Bonchev–Trinajstić information content (AvgIpc) is 2.33. The SMILES string of the molecule is Nc1nc(Cc2cccc(F)c2)[nH]c(=O)c1CC(=O)O. The van der Waals surface area contributed by atoms with E-state index in [0.29, 0.717) is 5.56 Å². The van der Waals surface area contributed by atoms with Crippen molar-refractivity contribution in [3.05, 3.63) is 57.4 Å². The Kier molecular flexibility index (Phi) is 3.79. The second-order valence-corrected chi connectivity index (χ2v) is 4.25. The third-order valence-corrected chi connectivity index (χ3v) is 2.69. The van der Waals surface area contributed by atoms with Gasteiger partial charge >= 0.3 is 5.97 Å². The van der Waals surface area contributed by atoms with Crippen LogP contribution in [-0.4, -0.2) is 21.0 Å². The standard InChI is InChI=1S/C13H12FN3O3/c14-8-3-1-2-7(4-8)5-10-16-12(15)9(6-11(18)19)13(20)17-10/h1-4H,5-6H2,(H,18,19)(H3,15,16,17,20). The molecule has 0 aliphatic heterocycles. The fourth-order valence-corrected chi connectivity index (χ4v) is 1.81. The first kappa shape index (κ1) is 13.7. The lowest BCUT2D eigenvalue weighted by Gasteiger charge is -2.05. The number of aliphatic carboxylic acids is 1. The Morgan fingerprint density at radius 1 is 1.45 bits per heavy atom. The zero-order valence-electron chi connectivity index (χ0n) is 10.4. The van der Waals surface area contributed by atoms with Gasteiger partial charge in [0.2, 0.25) is 0 Å². The summed E-state index contributed by atoms with van der Waals surface area (Å²) in [7, 11) is 0. The largest absolute Gasteiger partial charge is 0.481 e. The van der Waals surface area contributed by atoms with E-state index in [4.69, 9.17) is 10.8 Å². The number of nitrogens with two attached hydrogens (primary N) is 1. The molecule has 0 radical (unpaired) electrons. The summed E-state index contributed by atoms with van der Waals surface area (Å²) in [4.78, 5) is 28.8. The molecule has 0 amide bonds. The molecule has 1 aromatic heterocycles. The molecule has 0 atom stereocenters. The number of carboxylic acid groups (broad SMARTS) is 1. The van der Waals surface area contributed by atoms with Crippen LogP contribution in [0.4, 0.5) is 10.2 Å². The van der Waals surface area contributed by atoms with Crippen LogP contribution in [-0.2, 0) is 17.6 Å². The Bertz CT molecular complexity index is 712. The molecule has 4 N–H and O–H groups in total. The van der Waals surface area contributed by atoms with Gasteiger partial charge in [0.05, 0.1) is 12.0 Å². The Balaban J connectivity index is 2.31. The van der Waals surface area contributed by atoms with Gasteiger partial charge in [0.1, 0.15) is 17.5 Å². The van der Waals surface area contributed by atoms with Gasteiger partial charge in [-0.1, -0.05) is 12.1 Å². The molecule has 0 unspecified atom stereocenters. The van der Waals surface area contributed by atoms with Gasteiger partial charge in [-0.2, -0.15) is 0 Å². The number of hydrogen-bond donors (Lipinski definition) is 3. The molecule has 104 valence electrons.